The summed E-state index contributed by atoms with van der Waals surface area (Å²) >= 11 is 8.70. The van der Waals surface area contributed by atoms with Crippen LogP contribution in [0.2, 0.25) is 5.02 Å². The monoisotopic (exact) mass is 745 g/mol. The molecule has 0 radical (unpaired) electrons. The quantitative estimate of drug-likeness (QED) is 0.0435. The molecule has 1 aliphatic rings. The molecule has 8 nitrogen and oxygen atoms in total. The molecule has 52 heavy (non-hydrogen) atoms. The van der Waals surface area contributed by atoms with Crippen molar-refractivity contribution < 1.29 is 24.2 Å². The van der Waals surface area contributed by atoms with Gasteiger partial charge < -0.3 is 14.6 Å². The fourth-order valence-corrected chi connectivity index (χ4v) is 7.70. The molecule has 11 heteroatoms. The first-order valence-electron chi connectivity index (χ1n) is 16.4. The molecule has 1 fully saturated rings. The van der Waals surface area contributed by atoms with Gasteiger partial charge >= 0.3 is 5.91 Å². The number of benzene rings is 5. The zero-order valence-electron chi connectivity index (χ0n) is 27.9. The Balaban J connectivity index is 1.17. The van der Waals surface area contributed by atoms with E-state index in [0.29, 0.717) is 51.0 Å². The molecular weight excluding hydrogens is 714 g/mol. The normalized spacial score (nSPS) is 15.2. The van der Waals surface area contributed by atoms with Crippen LogP contribution in [-0.2, 0) is 28.6 Å². The topological polar surface area (TPSA) is 102 Å². The number of aryl methyl sites for hydroxylation is 1. The van der Waals surface area contributed by atoms with E-state index in [1.165, 1.54) is 28.0 Å². The summed E-state index contributed by atoms with van der Waals surface area (Å²) in [4.78, 5) is 28.9. The van der Waals surface area contributed by atoms with E-state index in [4.69, 9.17) is 21.1 Å². The minimum absolute atomic E-state index is 0.0537. The minimum atomic E-state index is -0.970. The molecule has 1 aliphatic heterocycles. The Bertz CT molecular complexity index is 2220. The fourth-order valence-electron chi connectivity index (χ4n) is 5.75. The van der Waals surface area contributed by atoms with Gasteiger partial charge in [-0.1, -0.05) is 119 Å². The molecule has 1 unspecified atom stereocenters. The summed E-state index contributed by atoms with van der Waals surface area (Å²) in [6.07, 6.45) is 0. The van der Waals surface area contributed by atoms with Crippen LogP contribution >= 0.6 is 34.7 Å². The molecule has 1 N–H and O–H groups in total. The molecule has 1 atom stereocenters. The molecule has 6 aromatic rings. The molecule has 260 valence electrons. The maximum Gasteiger partial charge on any atom is 0.301 e. The van der Waals surface area contributed by atoms with E-state index in [9.17, 15) is 14.7 Å². The number of aromatic nitrogens is 2. The lowest BCUT2D eigenvalue weighted by molar-refractivity contribution is -0.132. The Morgan fingerprint density at radius 1 is 0.788 bits per heavy atom. The number of Topliss-reactive ketones (excluding diaryl/α,β-unsaturated/α-hetero) is 1. The summed E-state index contributed by atoms with van der Waals surface area (Å²) in [6.45, 7) is 2.79. The lowest BCUT2D eigenvalue weighted by Crippen LogP contribution is -2.29. The molecular formula is C41H32ClN3O5S2. The standard InChI is InChI=1S/C41H32ClN3O5S2/c1-26-6-5-9-29(22-26)24-50-34-20-14-31(15-21-34)37(46)35-36(30-12-18-33(19-13-30)49-23-27-7-3-2-4-8-27)45(39(48)38(35)47)40-43-44-41(52-40)51-25-28-10-16-32(42)17-11-28/h2-22,36,46H,23-25H2,1H3/b37-35+. The van der Waals surface area contributed by atoms with Crippen molar-refractivity contribution in [3.63, 3.8) is 0 Å². The number of aliphatic hydroxyl groups is 1. The van der Waals surface area contributed by atoms with E-state index >= 15 is 0 Å². The molecule has 0 spiro atoms. The minimum Gasteiger partial charge on any atom is -0.507 e. The number of rotatable bonds is 12. The molecule has 2 heterocycles. The van der Waals surface area contributed by atoms with Crippen molar-refractivity contribution >= 4 is 57.3 Å². The number of ketones is 1. The molecule has 0 bridgehead atoms. The number of anilines is 1. The van der Waals surface area contributed by atoms with Crippen LogP contribution in [-0.4, -0.2) is 27.0 Å². The fraction of sp³-hybridized carbons (Fsp3) is 0.122. The van der Waals surface area contributed by atoms with Gasteiger partial charge in [0.25, 0.3) is 5.78 Å². The smallest absolute Gasteiger partial charge is 0.301 e. The summed E-state index contributed by atoms with van der Waals surface area (Å²) in [6, 6.07) is 38.4. The third-order valence-corrected chi connectivity index (χ3v) is 10.8. The van der Waals surface area contributed by atoms with Crippen LogP contribution in [0.15, 0.2) is 137 Å². The summed E-state index contributed by atoms with van der Waals surface area (Å²) in [5.41, 5.74) is 5.15. The summed E-state index contributed by atoms with van der Waals surface area (Å²) in [5.74, 6) is -0.108. The summed E-state index contributed by atoms with van der Waals surface area (Å²) < 4.78 is 12.6. The zero-order valence-corrected chi connectivity index (χ0v) is 30.3. The van der Waals surface area contributed by atoms with Gasteiger partial charge in [-0.3, -0.25) is 14.5 Å². The van der Waals surface area contributed by atoms with Crippen molar-refractivity contribution in [3.8, 4) is 11.5 Å². The third-order valence-electron chi connectivity index (χ3n) is 8.38. The van der Waals surface area contributed by atoms with E-state index in [-0.39, 0.29) is 16.5 Å². The SMILES string of the molecule is Cc1cccc(COc2ccc(/C(O)=C3\C(=O)C(=O)N(c4nnc(SCc5ccc(Cl)cc5)s4)C3c3ccc(OCc4ccccc4)cc3)cc2)c1. The first-order valence-corrected chi connectivity index (χ1v) is 18.6. The van der Waals surface area contributed by atoms with Gasteiger partial charge in [0, 0.05) is 16.3 Å². The number of hydrogen-bond donors (Lipinski definition) is 1. The molecule has 7 rings (SSSR count). The van der Waals surface area contributed by atoms with Gasteiger partial charge in [0.15, 0.2) is 4.34 Å². The molecule has 1 amide bonds. The average Bonchev–Trinajstić information content (AvgIpc) is 3.74. The highest BCUT2D eigenvalue weighted by molar-refractivity contribution is 8.00. The van der Waals surface area contributed by atoms with E-state index in [1.807, 2.05) is 79.7 Å². The molecule has 5 aromatic carbocycles. The van der Waals surface area contributed by atoms with E-state index in [2.05, 4.69) is 16.3 Å². The van der Waals surface area contributed by atoms with Gasteiger partial charge in [0.1, 0.15) is 30.5 Å². The number of nitrogens with zero attached hydrogens (tertiary/aromatic N) is 3. The van der Waals surface area contributed by atoms with Crippen molar-refractivity contribution in [1.29, 1.82) is 0 Å². The van der Waals surface area contributed by atoms with Gasteiger partial charge in [-0.15, -0.1) is 10.2 Å². The number of carbonyl (C=O) groups excluding carboxylic acids is 2. The summed E-state index contributed by atoms with van der Waals surface area (Å²) in [5, 5.41) is 21.2. The van der Waals surface area contributed by atoms with Gasteiger partial charge in [0.2, 0.25) is 5.13 Å². The molecule has 1 saturated heterocycles. The lowest BCUT2D eigenvalue weighted by Gasteiger charge is -2.22. The predicted octanol–water partition coefficient (Wildman–Crippen LogP) is 9.58. The van der Waals surface area contributed by atoms with Crippen molar-refractivity contribution in [2.45, 2.75) is 36.3 Å². The van der Waals surface area contributed by atoms with Crippen LogP contribution < -0.4 is 14.4 Å². The number of ether oxygens (including phenoxy) is 2. The van der Waals surface area contributed by atoms with Crippen LogP contribution in [0.25, 0.3) is 5.76 Å². The van der Waals surface area contributed by atoms with Crippen LogP contribution in [0.1, 0.15) is 39.4 Å². The lowest BCUT2D eigenvalue weighted by atomic mass is 9.95. The highest BCUT2D eigenvalue weighted by Crippen LogP contribution is 2.44. The van der Waals surface area contributed by atoms with Crippen LogP contribution in [0.4, 0.5) is 5.13 Å². The van der Waals surface area contributed by atoms with Crippen LogP contribution in [0, 0.1) is 6.92 Å². The van der Waals surface area contributed by atoms with Gasteiger partial charge in [0.05, 0.1) is 11.6 Å². The highest BCUT2D eigenvalue weighted by Gasteiger charge is 2.48. The van der Waals surface area contributed by atoms with E-state index in [1.54, 1.807) is 48.5 Å². The Morgan fingerprint density at radius 2 is 1.44 bits per heavy atom. The van der Waals surface area contributed by atoms with Crippen LogP contribution in [0.3, 0.4) is 0 Å². The number of thioether (sulfide) groups is 1. The molecule has 1 aromatic heterocycles. The van der Waals surface area contributed by atoms with E-state index in [0.717, 1.165) is 22.3 Å². The number of amides is 1. The van der Waals surface area contributed by atoms with Crippen LogP contribution in [0.5, 0.6) is 11.5 Å². The third kappa shape index (κ3) is 8.05. The first kappa shape index (κ1) is 35.0. The Kier molecular flexibility index (Phi) is 10.7. The van der Waals surface area contributed by atoms with Crippen molar-refractivity contribution in [2.24, 2.45) is 0 Å². The zero-order chi connectivity index (χ0) is 36.0. The van der Waals surface area contributed by atoms with Gasteiger partial charge in [-0.25, -0.2) is 0 Å². The molecule has 0 saturated carbocycles. The van der Waals surface area contributed by atoms with Crippen molar-refractivity contribution in [2.75, 3.05) is 4.90 Å². The van der Waals surface area contributed by atoms with Gasteiger partial charge in [-0.05, 0) is 77.7 Å². The number of hydrogen-bond acceptors (Lipinski definition) is 9. The second-order valence-corrected chi connectivity index (χ2v) is 14.7. The first-order chi connectivity index (χ1) is 25.3. The maximum absolute atomic E-state index is 13.8. The average molecular weight is 746 g/mol. The Labute approximate surface area is 314 Å². The van der Waals surface area contributed by atoms with E-state index < -0.39 is 17.7 Å². The number of aliphatic hydroxyl groups excluding tert-OH is 1. The Hall–Kier alpha value is -5.42. The summed E-state index contributed by atoms with van der Waals surface area (Å²) in [7, 11) is 0. The Morgan fingerprint density at radius 3 is 2.13 bits per heavy atom. The van der Waals surface area contributed by atoms with Crippen molar-refractivity contribution in [3.05, 3.63) is 171 Å². The second kappa shape index (κ2) is 15.9. The predicted molar refractivity (Wildman–Crippen MR) is 205 cm³/mol. The second-order valence-electron chi connectivity index (χ2n) is 12.1. The highest BCUT2D eigenvalue weighted by atomic mass is 35.5. The number of carbonyl (C=O) groups is 2. The van der Waals surface area contributed by atoms with Crippen molar-refractivity contribution in [1.82, 2.24) is 10.2 Å². The maximum atomic E-state index is 13.8. The number of halogens is 1. The molecule has 0 aliphatic carbocycles. The van der Waals surface area contributed by atoms with Gasteiger partial charge in [-0.2, -0.15) is 0 Å². The largest absolute Gasteiger partial charge is 0.507 e.